The average molecular weight is 803 g/mol. The molecule has 4 amide bonds. The number of carbonyl (C=O) groups excluding carboxylic acids is 4. The van der Waals surface area contributed by atoms with Crippen molar-refractivity contribution in [3.8, 4) is 0 Å². The normalized spacial score (nSPS) is 25.5. The molecule has 8 rings (SSSR count). The van der Waals surface area contributed by atoms with Crippen molar-refractivity contribution in [2.45, 2.75) is 134 Å². The minimum absolute atomic E-state index is 0.0236. The van der Waals surface area contributed by atoms with Gasteiger partial charge in [0.1, 0.15) is 12.1 Å². The minimum Gasteiger partial charge on any atom is -0.381 e. The number of nitrogens with two attached hydrogens (primary N) is 2. The number of fused-ring (bicyclic) bond motifs is 3. The molecule has 0 aromatic heterocycles. The van der Waals surface area contributed by atoms with Crippen LogP contribution in [0.1, 0.15) is 123 Å². The third-order valence-electron chi connectivity index (χ3n) is 13.9. The van der Waals surface area contributed by atoms with Gasteiger partial charge in [0.2, 0.25) is 23.6 Å². The Morgan fingerprint density at radius 2 is 1.31 bits per heavy atom. The summed E-state index contributed by atoms with van der Waals surface area (Å²) in [5.74, 6) is -0.919. The summed E-state index contributed by atoms with van der Waals surface area (Å²) in [6.07, 6.45) is 7.87. The Labute approximate surface area is 349 Å². The lowest BCUT2D eigenvalue weighted by Crippen LogP contribution is -2.58. The van der Waals surface area contributed by atoms with Crippen LogP contribution in [0.25, 0.3) is 0 Å². The van der Waals surface area contributed by atoms with E-state index in [1.54, 1.807) is 9.80 Å². The van der Waals surface area contributed by atoms with Crippen molar-refractivity contribution in [3.63, 3.8) is 0 Å². The van der Waals surface area contributed by atoms with Crippen LogP contribution in [0.4, 0.5) is 0 Å². The first-order chi connectivity index (χ1) is 28.4. The molecule has 0 radical (unpaired) electrons. The number of rotatable bonds is 8. The minimum atomic E-state index is -0.778. The van der Waals surface area contributed by atoms with Gasteiger partial charge >= 0.3 is 0 Å². The van der Waals surface area contributed by atoms with Gasteiger partial charge in [-0.25, -0.2) is 0 Å². The van der Waals surface area contributed by atoms with Crippen molar-refractivity contribution in [3.05, 3.63) is 106 Å². The van der Waals surface area contributed by atoms with E-state index in [1.807, 2.05) is 45.0 Å². The van der Waals surface area contributed by atoms with Gasteiger partial charge in [0.15, 0.2) is 0 Å². The zero-order valence-electron chi connectivity index (χ0n) is 35.0. The van der Waals surface area contributed by atoms with Crippen molar-refractivity contribution in [1.29, 1.82) is 0 Å². The molecule has 6 N–H and O–H groups in total. The maximum Gasteiger partial charge on any atom is 0.243 e. The summed E-state index contributed by atoms with van der Waals surface area (Å²) in [6, 6.07) is 19.7. The lowest BCUT2D eigenvalue weighted by atomic mass is 9.85. The second-order valence-corrected chi connectivity index (χ2v) is 18.8. The Morgan fingerprint density at radius 3 is 1.92 bits per heavy atom. The molecule has 314 valence electrons. The molecular weight excluding hydrogens is 741 g/mol. The van der Waals surface area contributed by atoms with E-state index in [-0.39, 0.29) is 54.1 Å². The van der Waals surface area contributed by atoms with Crippen LogP contribution in [0.2, 0.25) is 0 Å². The molecule has 11 nitrogen and oxygen atoms in total. The highest BCUT2D eigenvalue weighted by atomic mass is 16.5. The first-order valence-corrected chi connectivity index (χ1v) is 21.9. The van der Waals surface area contributed by atoms with Crippen LogP contribution in [0, 0.1) is 11.3 Å². The Hall–Kier alpha value is -4.58. The van der Waals surface area contributed by atoms with Crippen LogP contribution < -0.4 is 22.1 Å². The molecule has 3 aromatic rings. The molecule has 0 unspecified atom stereocenters. The molecule has 2 fully saturated rings. The van der Waals surface area contributed by atoms with Gasteiger partial charge in [-0.05, 0) is 108 Å². The SMILES string of the molecule is CC(C)(C)[C@H](N)C(=O)N1C[C@@H](c2ccc3c(c2)CN(C(=O)[C@@H](N)C2CCOCC2)[C@H](C(=O)N[C@@H]2CCCc4ccccc42)C3)C[C@H]1C(=O)N[C@@H]1CCCc2ccccc21. The maximum absolute atomic E-state index is 14.5. The highest BCUT2D eigenvalue weighted by Crippen LogP contribution is 2.38. The summed E-state index contributed by atoms with van der Waals surface area (Å²) < 4.78 is 5.58. The zero-order valence-corrected chi connectivity index (χ0v) is 35.0. The van der Waals surface area contributed by atoms with Crippen LogP contribution >= 0.6 is 0 Å². The standard InChI is InChI=1S/C48H62N6O5/c1-48(2,3)43(50)47(58)54-28-35(26-41(54)45(56)52-39-17-9-13-30-11-5-7-15-37(30)39)32-18-19-33-25-40(44(55)51-38-16-8-12-29-10-4-6-14-36(29)38)53(27-34(33)24-32)46(57)42(49)31-20-22-59-23-21-31/h4-7,10-11,14-15,18-19,24,31,35,38-43H,8-9,12-13,16-17,20-23,25-28,49-50H2,1-3H3,(H,51,55)(H,52,56)/t35-,38+,39+,40-,41-,42-,43+/m0/s1. The summed E-state index contributed by atoms with van der Waals surface area (Å²) in [5, 5.41) is 6.67. The molecule has 2 aliphatic carbocycles. The number of benzene rings is 3. The molecule has 7 atom stereocenters. The third kappa shape index (κ3) is 8.56. The van der Waals surface area contributed by atoms with Gasteiger partial charge in [-0.1, -0.05) is 87.5 Å². The quantitative estimate of drug-likeness (QED) is 0.246. The summed E-state index contributed by atoms with van der Waals surface area (Å²) in [7, 11) is 0. The smallest absolute Gasteiger partial charge is 0.243 e. The summed E-state index contributed by atoms with van der Waals surface area (Å²) in [6.45, 7) is 7.57. The number of hydrogen-bond acceptors (Lipinski definition) is 7. The maximum atomic E-state index is 14.5. The zero-order chi connectivity index (χ0) is 41.4. The van der Waals surface area contributed by atoms with Crippen molar-refractivity contribution < 1.29 is 23.9 Å². The predicted molar refractivity (Wildman–Crippen MR) is 227 cm³/mol. The van der Waals surface area contributed by atoms with E-state index in [0.717, 1.165) is 66.3 Å². The van der Waals surface area contributed by atoms with Crippen molar-refractivity contribution in [2.75, 3.05) is 19.8 Å². The summed E-state index contributed by atoms with van der Waals surface area (Å²) >= 11 is 0. The van der Waals surface area contributed by atoms with Gasteiger partial charge in [0.05, 0.1) is 24.2 Å². The number of hydrogen-bond donors (Lipinski definition) is 4. The first kappa shape index (κ1) is 41.2. The fourth-order valence-corrected chi connectivity index (χ4v) is 10.3. The molecule has 0 spiro atoms. The van der Waals surface area contributed by atoms with Crippen molar-refractivity contribution in [1.82, 2.24) is 20.4 Å². The van der Waals surface area contributed by atoms with E-state index in [4.69, 9.17) is 16.2 Å². The van der Waals surface area contributed by atoms with Gasteiger partial charge < -0.3 is 36.6 Å². The molecule has 3 aliphatic heterocycles. The van der Waals surface area contributed by atoms with Gasteiger partial charge in [0, 0.05) is 38.6 Å². The molecule has 5 aliphatic rings. The van der Waals surface area contributed by atoms with Gasteiger partial charge in [-0.2, -0.15) is 0 Å². The molecule has 3 heterocycles. The Morgan fingerprint density at radius 1 is 0.712 bits per heavy atom. The molecule has 2 saturated heterocycles. The van der Waals surface area contributed by atoms with Crippen LogP contribution in [-0.4, -0.2) is 77.4 Å². The second kappa shape index (κ2) is 17.2. The highest BCUT2D eigenvalue weighted by Gasteiger charge is 2.45. The first-order valence-electron chi connectivity index (χ1n) is 21.9. The van der Waals surface area contributed by atoms with Crippen molar-refractivity contribution in [2.24, 2.45) is 22.8 Å². The predicted octanol–water partition coefficient (Wildman–Crippen LogP) is 5.14. The number of nitrogens with zero attached hydrogens (tertiary/aromatic N) is 2. The molecule has 3 aromatic carbocycles. The number of carbonyl (C=O) groups is 4. The largest absolute Gasteiger partial charge is 0.381 e. The molecule has 0 saturated carbocycles. The number of aryl methyl sites for hydroxylation is 2. The van der Waals surface area contributed by atoms with Gasteiger partial charge in [-0.3, -0.25) is 19.2 Å². The second-order valence-electron chi connectivity index (χ2n) is 18.8. The van der Waals surface area contributed by atoms with Crippen LogP contribution in [0.3, 0.4) is 0 Å². The molecule has 11 heteroatoms. The number of nitrogens with one attached hydrogen (secondary N) is 2. The van der Waals surface area contributed by atoms with E-state index < -0.39 is 29.6 Å². The van der Waals surface area contributed by atoms with Crippen LogP contribution in [0.15, 0.2) is 66.7 Å². The summed E-state index contributed by atoms with van der Waals surface area (Å²) in [4.78, 5) is 60.7. The molecular formula is C48H62N6O5. The Balaban J connectivity index is 1.06. The average Bonchev–Trinajstić information content (AvgIpc) is 3.71. The highest BCUT2D eigenvalue weighted by molar-refractivity contribution is 5.92. The lowest BCUT2D eigenvalue weighted by molar-refractivity contribution is -0.144. The summed E-state index contributed by atoms with van der Waals surface area (Å²) in [5.41, 5.74) is 20.6. The van der Waals surface area contributed by atoms with E-state index >= 15 is 0 Å². The number of amides is 4. The van der Waals surface area contributed by atoms with Crippen molar-refractivity contribution >= 4 is 23.6 Å². The number of ether oxygens (including phenoxy) is 1. The molecule has 59 heavy (non-hydrogen) atoms. The Bertz CT molecular complexity index is 2060. The van der Waals surface area contributed by atoms with E-state index in [1.165, 1.54) is 11.1 Å². The Kier molecular flexibility index (Phi) is 12.0. The lowest BCUT2D eigenvalue weighted by Gasteiger charge is -2.40. The topological polar surface area (TPSA) is 160 Å². The number of likely N-dealkylation sites (tertiary alicyclic amines) is 1. The van der Waals surface area contributed by atoms with Gasteiger partial charge in [-0.15, -0.1) is 0 Å². The monoisotopic (exact) mass is 802 g/mol. The fourth-order valence-electron chi connectivity index (χ4n) is 10.3. The van der Waals surface area contributed by atoms with E-state index in [2.05, 4.69) is 53.1 Å². The third-order valence-corrected chi connectivity index (χ3v) is 13.9. The van der Waals surface area contributed by atoms with E-state index in [9.17, 15) is 19.2 Å². The van der Waals surface area contributed by atoms with E-state index in [0.29, 0.717) is 45.4 Å². The van der Waals surface area contributed by atoms with Crippen LogP contribution in [0.5, 0.6) is 0 Å². The van der Waals surface area contributed by atoms with Gasteiger partial charge in [0.25, 0.3) is 0 Å². The van der Waals surface area contributed by atoms with Crippen LogP contribution in [-0.2, 0) is 49.7 Å². The molecule has 0 bridgehead atoms. The fraction of sp³-hybridized carbons (Fsp3) is 0.542.